The number of esters is 2. The van der Waals surface area contributed by atoms with Crippen molar-refractivity contribution in [3.05, 3.63) is 45.9 Å². The van der Waals surface area contributed by atoms with E-state index in [1.807, 2.05) is 18.2 Å². The summed E-state index contributed by atoms with van der Waals surface area (Å²) in [5, 5.41) is 1.65. The Morgan fingerprint density at radius 3 is 2.56 bits per heavy atom. The maximum atomic E-state index is 11.5. The molecule has 0 atom stereocenters. The van der Waals surface area contributed by atoms with Crippen LogP contribution in [0.25, 0.3) is 10.8 Å². The van der Waals surface area contributed by atoms with Gasteiger partial charge in [-0.1, -0.05) is 28.1 Å². The smallest absolute Gasteiger partial charge is 0.347 e. The maximum absolute atomic E-state index is 11.5. The number of carbonyl (C=O) groups excluding carboxylic acids is 2. The van der Waals surface area contributed by atoms with E-state index in [0.29, 0.717) is 11.1 Å². The van der Waals surface area contributed by atoms with Crippen LogP contribution < -0.4 is 0 Å². The Morgan fingerprint density at radius 2 is 1.75 bits per heavy atom. The molecule has 0 unspecified atom stereocenters. The molecule has 2 aromatic carbocycles. The van der Waals surface area contributed by atoms with Crippen LogP contribution in [-0.4, -0.2) is 11.9 Å². The maximum Gasteiger partial charge on any atom is 0.347 e. The number of cyclic esters (lactones) is 2. The van der Waals surface area contributed by atoms with Gasteiger partial charge in [-0.15, -0.1) is 0 Å². The van der Waals surface area contributed by atoms with E-state index in [1.54, 1.807) is 12.1 Å². The zero-order valence-electron chi connectivity index (χ0n) is 7.99. The first-order chi connectivity index (χ1) is 7.66. The third-order valence-electron chi connectivity index (χ3n) is 2.59. The van der Waals surface area contributed by atoms with E-state index < -0.39 is 11.9 Å². The van der Waals surface area contributed by atoms with Crippen LogP contribution in [0, 0.1) is 0 Å². The first kappa shape index (κ1) is 9.54. The van der Waals surface area contributed by atoms with Crippen molar-refractivity contribution in [2.75, 3.05) is 0 Å². The molecule has 0 amide bonds. The Morgan fingerprint density at radius 1 is 1.00 bits per heavy atom. The van der Waals surface area contributed by atoms with Gasteiger partial charge in [0.05, 0.1) is 11.1 Å². The van der Waals surface area contributed by atoms with Crippen molar-refractivity contribution in [2.45, 2.75) is 0 Å². The minimum atomic E-state index is -0.568. The molecule has 0 spiro atoms. The van der Waals surface area contributed by atoms with Crippen LogP contribution in [-0.2, 0) is 4.74 Å². The number of fused-ring (bicyclic) bond motifs is 3. The van der Waals surface area contributed by atoms with Crippen molar-refractivity contribution in [2.24, 2.45) is 0 Å². The number of halogens is 1. The molecule has 1 aliphatic rings. The first-order valence-electron chi connectivity index (χ1n) is 4.65. The Kier molecular flexibility index (Phi) is 1.88. The van der Waals surface area contributed by atoms with Crippen LogP contribution in [0.4, 0.5) is 0 Å². The average Bonchev–Trinajstić information content (AvgIpc) is 2.54. The van der Waals surface area contributed by atoms with E-state index in [4.69, 9.17) is 0 Å². The molecule has 1 aliphatic heterocycles. The fraction of sp³-hybridized carbons (Fsp3) is 0. The lowest BCUT2D eigenvalue weighted by Crippen LogP contribution is -1.97. The molecule has 0 saturated heterocycles. The fourth-order valence-electron chi connectivity index (χ4n) is 1.87. The zero-order chi connectivity index (χ0) is 11.3. The summed E-state index contributed by atoms with van der Waals surface area (Å²) in [6, 6.07) is 9.01. The minimum Gasteiger partial charge on any atom is -0.386 e. The van der Waals surface area contributed by atoms with Gasteiger partial charge in [0.1, 0.15) is 0 Å². The second-order valence-electron chi connectivity index (χ2n) is 3.53. The number of benzene rings is 2. The van der Waals surface area contributed by atoms with Gasteiger partial charge in [0.15, 0.2) is 0 Å². The van der Waals surface area contributed by atoms with Crippen LogP contribution in [0.15, 0.2) is 34.8 Å². The third-order valence-corrected chi connectivity index (χ3v) is 3.09. The summed E-state index contributed by atoms with van der Waals surface area (Å²) in [5.41, 5.74) is 0.708. The molecule has 78 valence electrons. The van der Waals surface area contributed by atoms with Crippen molar-refractivity contribution < 1.29 is 14.3 Å². The van der Waals surface area contributed by atoms with E-state index in [0.717, 1.165) is 15.2 Å². The number of hydrogen-bond acceptors (Lipinski definition) is 3. The lowest BCUT2D eigenvalue weighted by molar-refractivity contribution is 0.0444. The molecule has 0 saturated carbocycles. The van der Waals surface area contributed by atoms with Gasteiger partial charge in [-0.05, 0) is 29.0 Å². The molecule has 2 aromatic rings. The molecule has 0 N–H and O–H groups in total. The quantitative estimate of drug-likeness (QED) is 0.549. The van der Waals surface area contributed by atoms with Crippen molar-refractivity contribution in [3.63, 3.8) is 0 Å². The molecule has 3 nitrogen and oxygen atoms in total. The molecular formula is C12H5BrO3. The normalized spacial score (nSPS) is 14.1. The summed E-state index contributed by atoms with van der Waals surface area (Å²) in [6.07, 6.45) is 0. The number of ether oxygens (including phenoxy) is 1. The minimum absolute atomic E-state index is 0.343. The van der Waals surface area contributed by atoms with E-state index in [-0.39, 0.29) is 0 Å². The molecular weight excluding hydrogens is 272 g/mol. The van der Waals surface area contributed by atoms with Crippen molar-refractivity contribution in [1.82, 2.24) is 0 Å². The van der Waals surface area contributed by atoms with Gasteiger partial charge in [0.25, 0.3) is 0 Å². The van der Waals surface area contributed by atoms with Crippen LogP contribution in [0.3, 0.4) is 0 Å². The summed E-state index contributed by atoms with van der Waals surface area (Å²) in [6.45, 7) is 0. The van der Waals surface area contributed by atoms with Gasteiger partial charge >= 0.3 is 11.9 Å². The van der Waals surface area contributed by atoms with Gasteiger partial charge in [0, 0.05) is 4.47 Å². The number of carbonyl (C=O) groups is 2. The van der Waals surface area contributed by atoms with E-state index in [9.17, 15) is 9.59 Å². The summed E-state index contributed by atoms with van der Waals surface area (Å²) in [4.78, 5) is 22.9. The molecule has 0 aliphatic carbocycles. The SMILES string of the molecule is O=C1OC(=O)c2c1ccc1ccc(Br)cc21. The Hall–Kier alpha value is -1.68. The van der Waals surface area contributed by atoms with E-state index in [1.165, 1.54) is 0 Å². The van der Waals surface area contributed by atoms with Crippen molar-refractivity contribution >= 4 is 38.6 Å². The van der Waals surface area contributed by atoms with Crippen LogP contribution in [0.5, 0.6) is 0 Å². The molecule has 3 rings (SSSR count). The van der Waals surface area contributed by atoms with Gasteiger partial charge in [-0.3, -0.25) is 0 Å². The molecule has 0 bridgehead atoms. The Labute approximate surface area is 99.1 Å². The summed E-state index contributed by atoms with van der Waals surface area (Å²) < 4.78 is 5.45. The van der Waals surface area contributed by atoms with Gasteiger partial charge in [-0.25, -0.2) is 9.59 Å². The second kappa shape index (κ2) is 3.15. The highest BCUT2D eigenvalue weighted by Crippen LogP contribution is 2.30. The van der Waals surface area contributed by atoms with Crippen LogP contribution >= 0.6 is 15.9 Å². The number of hydrogen-bond donors (Lipinski definition) is 0. The monoisotopic (exact) mass is 276 g/mol. The van der Waals surface area contributed by atoms with Crippen molar-refractivity contribution in [3.8, 4) is 0 Å². The standard InChI is InChI=1S/C12H5BrO3/c13-7-3-1-6-2-4-8-10(9(6)5-7)12(15)16-11(8)14/h1-5H. The molecule has 1 heterocycles. The van der Waals surface area contributed by atoms with Gasteiger partial charge < -0.3 is 4.74 Å². The van der Waals surface area contributed by atoms with Crippen LogP contribution in [0.1, 0.15) is 20.7 Å². The average molecular weight is 277 g/mol. The lowest BCUT2D eigenvalue weighted by atomic mass is 10.0. The molecule has 16 heavy (non-hydrogen) atoms. The highest BCUT2D eigenvalue weighted by Gasteiger charge is 2.31. The molecule has 0 radical (unpaired) electrons. The molecule has 4 heteroatoms. The van der Waals surface area contributed by atoms with Gasteiger partial charge in [0.2, 0.25) is 0 Å². The lowest BCUT2D eigenvalue weighted by Gasteiger charge is -2.01. The number of rotatable bonds is 0. The van der Waals surface area contributed by atoms with E-state index in [2.05, 4.69) is 20.7 Å². The second-order valence-corrected chi connectivity index (χ2v) is 4.45. The summed E-state index contributed by atoms with van der Waals surface area (Å²) in [5.74, 6) is -1.13. The summed E-state index contributed by atoms with van der Waals surface area (Å²) >= 11 is 3.34. The fourth-order valence-corrected chi connectivity index (χ4v) is 2.23. The highest BCUT2D eigenvalue weighted by atomic mass is 79.9. The van der Waals surface area contributed by atoms with Gasteiger partial charge in [-0.2, -0.15) is 0 Å². The first-order valence-corrected chi connectivity index (χ1v) is 5.45. The third kappa shape index (κ3) is 1.20. The Balaban J connectivity index is 2.48. The molecule has 0 fully saturated rings. The topological polar surface area (TPSA) is 43.4 Å². The van der Waals surface area contributed by atoms with E-state index >= 15 is 0 Å². The molecule has 0 aromatic heterocycles. The largest absolute Gasteiger partial charge is 0.386 e. The predicted molar refractivity (Wildman–Crippen MR) is 61.4 cm³/mol. The zero-order valence-corrected chi connectivity index (χ0v) is 9.58. The summed E-state index contributed by atoms with van der Waals surface area (Å²) in [7, 11) is 0. The Bertz CT molecular complexity index is 646. The van der Waals surface area contributed by atoms with Crippen molar-refractivity contribution in [1.29, 1.82) is 0 Å². The highest BCUT2D eigenvalue weighted by molar-refractivity contribution is 9.10. The van der Waals surface area contributed by atoms with Crippen LogP contribution in [0.2, 0.25) is 0 Å². The predicted octanol–water partition coefficient (Wildman–Crippen LogP) is 2.91.